The Bertz CT molecular complexity index is 1160. The minimum atomic E-state index is 0.470. The van der Waals surface area contributed by atoms with Crippen LogP contribution in [0.4, 0.5) is 0 Å². The number of nitrogens with zero attached hydrogens (tertiary/aromatic N) is 2. The molecule has 0 saturated heterocycles. The first kappa shape index (κ1) is 24.1. The summed E-state index contributed by atoms with van der Waals surface area (Å²) < 4.78 is 27.8. The molecule has 4 rings (SSSR count). The van der Waals surface area contributed by atoms with Gasteiger partial charge in [0.15, 0.2) is 0 Å². The van der Waals surface area contributed by atoms with Crippen LogP contribution in [-0.4, -0.2) is 37.6 Å². The summed E-state index contributed by atoms with van der Waals surface area (Å²) in [6.07, 6.45) is 4.22. The second-order valence-corrected chi connectivity index (χ2v) is 7.95. The monoisotopic (exact) mass is 474 g/mol. The van der Waals surface area contributed by atoms with E-state index in [0.717, 1.165) is 59.8 Å². The van der Waals surface area contributed by atoms with E-state index >= 15 is 0 Å². The largest absolute Gasteiger partial charge is 0.497 e. The minimum absolute atomic E-state index is 0.470. The van der Waals surface area contributed by atoms with Crippen LogP contribution in [0.2, 0.25) is 0 Å². The smallest absolute Gasteiger partial charge is 0.248 e. The van der Waals surface area contributed by atoms with Crippen molar-refractivity contribution in [3.05, 3.63) is 72.8 Å². The molecule has 0 radical (unpaired) electrons. The SMILES string of the molecule is COc1ccc(OCCCCCCOc2ccc(-c3nnc(-c4ccc(OC)cc4)o3)cc2)cc1. The van der Waals surface area contributed by atoms with E-state index in [9.17, 15) is 0 Å². The highest BCUT2D eigenvalue weighted by Gasteiger charge is 2.11. The maximum atomic E-state index is 5.87. The van der Waals surface area contributed by atoms with Gasteiger partial charge in [0.25, 0.3) is 0 Å². The van der Waals surface area contributed by atoms with Crippen molar-refractivity contribution in [2.75, 3.05) is 27.4 Å². The summed E-state index contributed by atoms with van der Waals surface area (Å²) in [6, 6.07) is 22.9. The molecule has 0 saturated carbocycles. The molecule has 1 heterocycles. The van der Waals surface area contributed by atoms with E-state index in [1.54, 1.807) is 14.2 Å². The Kier molecular flexibility index (Phi) is 8.59. The Hall–Kier alpha value is -4.00. The van der Waals surface area contributed by atoms with Crippen molar-refractivity contribution in [1.82, 2.24) is 10.2 Å². The van der Waals surface area contributed by atoms with Gasteiger partial charge in [-0.2, -0.15) is 0 Å². The Morgan fingerprint density at radius 2 is 0.886 bits per heavy atom. The molecule has 1 aromatic heterocycles. The van der Waals surface area contributed by atoms with Crippen LogP contribution in [0, 0.1) is 0 Å². The van der Waals surface area contributed by atoms with Crippen LogP contribution < -0.4 is 18.9 Å². The fourth-order valence-corrected chi connectivity index (χ4v) is 3.49. The number of hydrogen-bond acceptors (Lipinski definition) is 7. The van der Waals surface area contributed by atoms with Crippen LogP contribution in [0.15, 0.2) is 77.2 Å². The molecule has 4 aromatic rings. The second-order valence-electron chi connectivity index (χ2n) is 7.95. The molecule has 0 fully saturated rings. The van der Waals surface area contributed by atoms with Gasteiger partial charge in [-0.3, -0.25) is 0 Å². The highest BCUT2D eigenvalue weighted by Crippen LogP contribution is 2.26. The zero-order valence-corrected chi connectivity index (χ0v) is 20.1. The molecule has 3 aromatic carbocycles. The van der Waals surface area contributed by atoms with Crippen LogP contribution >= 0.6 is 0 Å². The van der Waals surface area contributed by atoms with Crippen LogP contribution in [0.25, 0.3) is 22.9 Å². The minimum Gasteiger partial charge on any atom is -0.497 e. The summed E-state index contributed by atoms with van der Waals surface area (Å²) in [5.74, 6) is 4.25. The molecule has 0 atom stereocenters. The molecule has 0 spiro atoms. The van der Waals surface area contributed by atoms with E-state index in [2.05, 4.69) is 10.2 Å². The van der Waals surface area contributed by atoms with E-state index < -0.39 is 0 Å². The van der Waals surface area contributed by atoms with Gasteiger partial charge in [0.2, 0.25) is 11.8 Å². The van der Waals surface area contributed by atoms with Gasteiger partial charge < -0.3 is 23.4 Å². The Morgan fingerprint density at radius 3 is 1.31 bits per heavy atom. The molecule has 0 aliphatic rings. The Balaban J connectivity index is 1.14. The third kappa shape index (κ3) is 6.99. The van der Waals surface area contributed by atoms with Gasteiger partial charge in [-0.25, -0.2) is 0 Å². The van der Waals surface area contributed by atoms with Gasteiger partial charge in [0.05, 0.1) is 27.4 Å². The number of unbranched alkanes of at least 4 members (excludes halogenated alkanes) is 3. The van der Waals surface area contributed by atoms with Gasteiger partial charge in [0, 0.05) is 11.1 Å². The molecular formula is C28H30N2O5. The standard InChI is InChI=1S/C28H30N2O5/c1-31-23-11-7-21(8-12-23)27-29-30-28(35-27)22-9-13-25(14-10-22)33-19-5-3-4-6-20-34-26-17-15-24(32-2)16-18-26/h7-18H,3-6,19-20H2,1-2H3. The maximum absolute atomic E-state index is 5.87. The third-order valence-corrected chi connectivity index (χ3v) is 5.50. The molecule has 0 unspecified atom stereocenters. The molecule has 0 bridgehead atoms. The molecule has 7 heteroatoms. The summed E-state index contributed by atoms with van der Waals surface area (Å²) in [5.41, 5.74) is 1.69. The number of benzene rings is 3. The summed E-state index contributed by atoms with van der Waals surface area (Å²) in [6.45, 7) is 1.39. The van der Waals surface area contributed by atoms with E-state index in [0.29, 0.717) is 25.0 Å². The quantitative estimate of drug-likeness (QED) is 0.206. The van der Waals surface area contributed by atoms with E-state index in [-0.39, 0.29) is 0 Å². The lowest BCUT2D eigenvalue weighted by molar-refractivity contribution is 0.287. The molecule has 7 nitrogen and oxygen atoms in total. The number of aromatic nitrogens is 2. The van der Waals surface area contributed by atoms with Crippen LogP contribution in [0.5, 0.6) is 23.0 Å². The number of methoxy groups -OCH3 is 2. The average Bonchev–Trinajstić information content (AvgIpc) is 3.41. The van der Waals surface area contributed by atoms with Gasteiger partial charge in [-0.1, -0.05) is 0 Å². The van der Waals surface area contributed by atoms with Crippen molar-refractivity contribution in [2.24, 2.45) is 0 Å². The lowest BCUT2D eigenvalue weighted by Gasteiger charge is -2.08. The zero-order chi connectivity index (χ0) is 24.3. The van der Waals surface area contributed by atoms with E-state index in [1.165, 1.54) is 0 Å². The summed E-state index contributed by atoms with van der Waals surface area (Å²) in [4.78, 5) is 0. The van der Waals surface area contributed by atoms with Crippen molar-refractivity contribution < 1.29 is 23.4 Å². The molecule has 0 N–H and O–H groups in total. The van der Waals surface area contributed by atoms with Crippen molar-refractivity contribution >= 4 is 0 Å². The van der Waals surface area contributed by atoms with E-state index in [4.69, 9.17) is 23.4 Å². The Labute approximate surface area is 205 Å². The Morgan fingerprint density at radius 1 is 0.514 bits per heavy atom. The molecule has 0 amide bonds. The molecular weight excluding hydrogens is 444 g/mol. The first-order valence-electron chi connectivity index (χ1n) is 11.7. The highest BCUT2D eigenvalue weighted by molar-refractivity contribution is 5.59. The summed E-state index contributed by atoms with van der Waals surface area (Å²) >= 11 is 0. The molecule has 35 heavy (non-hydrogen) atoms. The van der Waals surface area contributed by atoms with Crippen molar-refractivity contribution in [3.63, 3.8) is 0 Å². The molecule has 0 aliphatic heterocycles. The number of rotatable bonds is 13. The van der Waals surface area contributed by atoms with Crippen molar-refractivity contribution in [1.29, 1.82) is 0 Å². The maximum Gasteiger partial charge on any atom is 0.248 e. The summed E-state index contributed by atoms with van der Waals surface area (Å²) in [7, 11) is 3.29. The van der Waals surface area contributed by atoms with Crippen LogP contribution in [0.3, 0.4) is 0 Å². The van der Waals surface area contributed by atoms with Crippen LogP contribution in [0.1, 0.15) is 25.7 Å². The average molecular weight is 475 g/mol. The lowest BCUT2D eigenvalue weighted by atomic mass is 10.2. The van der Waals surface area contributed by atoms with Gasteiger partial charge in [-0.05, 0) is 98.5 Å². The normalized spacial score (nSPS) is 10.7. The van der Waals surface area contributed by atoms with Gasteiger partial charge >= 0.3 is 0 Å². The first-order valence-corrected chi connectivity index (χ1v) is 11.7. The fourth-order valence-electron chi connectivity index (χ4n) is 3.49. The van der Waals surface area contributed by atoms with Gasteiger partial charge in [0.1, 0.15) is 23.0 Å². The highest BCUT2D eigenvalue weighted by atomic mass is 16.5. The van der Waals surface area contributed by atoms with Crippen molar-refractivity contribution in [2.45, 2.75) is 25.7 Å². The zero-order valence-electron chi connectivity index (χ0n) is 20.1. The predicted molar refractivity (Wildman–Crippen MR) is 134 cm³/mol. The predicted octanol–water partition coefficient (Wildman–Crippen LogP) is 6.44. The van der Waals surface area contributed by atoms with Crippen LogP contribution in [-0.2, 0) is 0 Å². The topological polar surface area (TPSA) is 75.8 Å². The molecule has 182 valence electrons. The summed E-state index contributed by atoms with van der Waals surface area (Å²) in [5, 5.41) is 8.32. The van der Waals surface area contributed by atoms with Crippen molar-refractivity contribution in [3.8, 4) is 45.9 Å². The number of hydrogen-bond donors (Lipinski definition) is 0. The molecule has 0 aliphatic carbocycles. The fraction of sp³-hybridized carbons (Fsp3) is 0.286. The first-order chi connectivity index (χ1) is 17.2. The number of ether oxygens (including phenoxy) is 4. The second kappa shape index (κ2) is 12.5. The van der Waals surface area contributed by atoms with E-state index in [1.807, 2.05) is 72.8 Å². The lowest BCUT2D eigenvalue weighted by Crippen LogP contribution is -2.00. The third-order valence-electron chi connectivity index (χ3n) is 5.50. The van der Waals surface area contributed by atoms with Gasteiger partial charge in [-0.15, -0.1) is 10.2 Å².